The fraction of sp³-hybridized carbons (Fsp3) is 0.800. The second-order valence-corrected chi connectivity index (χ2v) is 5.46. The lowest BCUT2D eigenvalue weighted by molar-refractivity contribution is 0.750. The summed E-state index contributed by atoms with van der Waals surface area (Å²) in [5.74, 6) is 2.33. The van der Waals surface area contributed by atoms with Crippen molar-refractivity contribution in [2.45, 2.75) is 46.5 Å². The number of rotatable bonds is 8. The van der Waals surface area contributed by atoms with E-state index in [2.05, 4.69) is 45.9 Å². The van der Waals surface area contributed by atoms with E-state index in [1.165, 1.54) is 12.8 Å². The fourth-order valence-electron chi connectivity index (χ4n) is 2.54. The molecule has 1 aromatic rings. The van der Waals surface area contributed by atoms with Crippen molar-refractivity contribution in [2.24, 2.45) is 0 Å². The maximum absolute atomic E-state index is 4.70. The van der Waals surface area contributed by atoms with E-state index in [1.54, 1.807) is 0 Å². The topological polar surface area (TPSA) is 57.2 Å². The SMILES string of the molecule is CCCNc1nc(N(CC)CCC)nc(N2CCCC2)n1. The first-order chi connectivity index (χ1) is 10.3. The predicted octanol–water partition coefficient (Wildman–Crippen LogP) is 2.53. The van der Waals surface area contributed by atoms with E-state index < -0.39 is 0 Å². The van der Waals surface area contributed by atoms with Crippen LogP contribution in [0.25, 0.3) is 0 Å². The molecule has 1 aliphatic rings. The highest BCUT2D eigenvalue weighted by Crippen LogP contribution is 2.20. The zero-order valence-corrected chi connectivity index (χ0v) is 13.6. The van der Waals surface area contributed by atoms with Crippen LogP contribution >= 0.6 is 0 Å². The van der Waals surface area contributed by atoms with Gasteiger partial charge in [-0.25, -0.2) is 0 Å². The van der Waals surface area contributed by atoms with Crippen molar-refractivity contribution in [2.75, 3.05) is 47.8 Å². The molecule has 0 atom stereocenters. The monoisotopic (exact) mass is 292 g/mol. The highest BCUT2D eigenvalue weighted by molar-refractivity contribution is 5.45. The summed E-state index contributed by atoms with van der Waals surface area (Å²) in [7, 11) is 0. The molecule has 118 valence electrons. The molecule has 1 fully saturated rings. The first-order valence-electron chi connectivity index (χ1n) is 8.28. The number of nitrogens with zero attached hydrogens (tertiary/aromatic N) is 5. The summed E-state index contributed by atoms with van der Waals surface area (Å²) in [4.78, 5) is 18.4. The maximum Gasteiger partial charge on any atom is 0.231 e. The van der Waals surface area contributed by atoms with Gasteiger partial charge in [-0.2, -0.15) is 15.0 Å². The third-order valence-corrected chi connectivity index (χ3v) is 3.69. The van der Waals surface area contributed by atoms with Crippen molar-refractivity contribution in [3.05, 3.63) is 0 Å². The van der Waals surface area contributed by atoms with Crippen LogP contribution in [0.2, 0.25) is 0 Å². The summed E-state index contributed by atoms with van der Waals surface area (Å²) in [6, 6.07) is 0. The molecule has 6 heteroatoms. The van der Waals surface area contributed by atoms with Crippen LogP contribution < -0.4 is 15.1 Å². The molecular weight excluding hydrogens is 264 g/mol. The van der Waals surface area contributed by atoms with E-state index >= 15 is 0 Å². The molecule has 1 N–H and O–H groups in total. The number of anilines is 3. The van der Waals surface area contributed by atoms with Crippen LogP contribution in [-0.2, 0) is 0 Å². The Labute approximate surface area is 128 Å². The minimum atomic E-state index is 0.707. The molecule has 1 saturated heterocycles. The van der Waals surface area contributed by atoms with E-state index in [9.17, 15) is 0 Å². The first kappa shape index (κ1) is 15.8. The molecular formula is C15H28N6. The Balaban J connectivity index is 2.26. The standard InChI is InChI=1S/C15H28N6/c1-4-9-16-13-17-14(20(6-3)10-5-2)19-15(18-13)21-11-7-8-12-21/h4-12H2,1-3H3,(H,16,17,18,19). The molecule has 0 amide bonds. The van der Waals surface area contributed by atoms with Crippen LogP contribution in [-0.4, -0.2) is 47.7 Å². The number of aromatic nitrogens is 3. The van der Waals surface area contributed by atoms with Gasteiger partial charge >= 0.3 is 0 Å². The van der Waals surface area contributed by atoms with Crippen LogP contribution in [0, 0.1) is 0 Å². The Bertz CT molecular complexity index is 430. The zero-order chi connectivity index (χ0) is 15.1. The van der Waals surface area contributed by atoms with Gasteiger partial charge in [-0.05, 0) is 32.6 Å². The van der Waals surface area contributed by atoms with Gasteiger partial charge in [0.05, 0.1) is 0 Å². The van der Waals surface area contributed by atoms with Gasteiger partial charge in [0.15, 0.2) is 0 Å². The largest absolute Gasteiger partial charge is 0.354 e. The normalized spacial score (nSPS) is 14.5. The lowest BCUT2D eigenvalue weighted by atomic mass is 10.4. The number of nitrogens with one attached hydrogen (secondary N) is 1. The fourth-order valence-corrected chi connectivity index (χ4v) is 2.54. The molecule has 21 heavy (non-hydrogen) atoms. The molecule has 1 aliphatic heterocycles. The van der Waals surface area contributed by atoms with E-state index in [1.807, 2.05) is 0 Å². The Morgan fingerprint density at radius 1 is 1.05 bits per heavy atom. The molecule has 0 saturated carbocycles. The van der Waals surface area contributed by atoms with Crippen molar-refractivity contribution in [3.8, 4) is 0 Å². The first-order valence-corrected chi connectivity index (χ1v) is 8.28. The van der Waals surface area contributed by atoms with Gasteiger partial charge < -0.3 is 15.1 Å². The van der Waals surface area contributed by atoms with Gasteiger partial charge in [-0.1, -0.05) is 13.8 Å². The van der Waals surface area contributed by atoms with Gasteiger partial charge in [0.25, 0.3) is 0 Å². The molecule has 2 rings (SSSR count). The van der Waals surface area contributed by atoms with Gasteiger partial charge in [0.2, 0.25) is 17.8 Å². The Hall–Kier alpha value is -1.59. The van der Waals surface area contributed by atoms with Crippen molar-refractivity contribution in [1.82, 2.24) is 15.0 Å². The lowest BCUT2D eigenvalue weighted by Crippen LogP contribution is -2.28. The molecule has 0 bridgehead atoms. The van der Waals surface area contributed by atoms with E-state index in [-0.39, 0.29) is 0 Å². The summed E-state index contributed by atoms with van der Waals surface area (Å²) >= 11 is 0. The molecule has 1 aromatic heterocycles. The second kappa shape index (κ2) is 8.00. The Morgan fingerprint density at radius 3 is 2.43 bits per heavy atom. The Morgan fingerprint density at radius 2 is 1.81 bits per heavy atom. The number of hydrogen-bond acceptors (Lipinski definition) is 6. The predicted molar refractivity (Wildman–Crippen MR) is 88.2 cm³/mol. The quantitative estimate of drug-likeness (QED) is 0.794. The summed E-state index contributed by atoms with van der Waals surface area (Å²) < 4.78 is 0. The van der Waals surface area contributed by atoms with E-state index in [4.69, 9.17) is 4.98 Å². The van der Waals surface area contributed by atoms with Gasteiger partial charge in [-0.3, -0.25) is 0 Å². The van der Waals surface area contributed by atoms with Crippen LogP contribution in [0.15, 0.2) is 0 Å². The third-order valence-electron chi connectivity index (χ3n) is 3.69. The van der Waals surface area contributed by atoms with Gasteiger partial charge in [0, 0.05) is 32.7 Å². The van der Waals surface area contributed by atoms with Gasteiger partial charge in [0.1, 0.15) is 0 Å². The summed E-state index contributed by atoms with van der Waals surface area (Å²) in [5.41, 5.74) is 0. The smallest absolute Gasteiger partial charge is 0.231 e. The van der Waals surface area contributed by atoms with E-state index in [0.717, 1.165) is 57.5 Å². The zero-order valence-electron chi connectivity index (χ0n) is 13.6. The second-order valence-electron chi connectivity index (χ2n) is 5.46. The van der Waals surface area contributed by atoms with Crippen LogP contribution in [0.3, 0.4) is 0 Å². The summed E-state index contributed by atoms with van der Waals surface area (Å²) in [5, 5.41) is 3.30. The molecule has 0 aliphatic carbocycles. The van der Waals surface area contributed by atoms with E-state index in [0.29, 0.717) is 5.95 Å². The molecule has 0 aromatic carbocycles. The molecule has 0 radical (unpaired) electrons. The van der Waals surface area contributed by atoms with Crippen molar-refractivity contribution >= 4 is 17.8 Å². The highest BCUT2D eigenvalue weighted by atomic mass is 15.4. The molecule has 0 spiro atoms. The van der Waals surface area contributed by atoms with Crippen LogP contribution in [0.1, 0.15) is 46.5 Å². The highest BCUT2D eigenvalue weighted by Gasteiger charge is 2.19. The van der Waals surface area contributed by atoms with Gasteiger partial charge in [-0.15, -0.1) is 0 Å². The summed E-state index contributed by atoms with van der Waals surface area (Å²) in [6.45, 7) is 11.4. The van der Waals surface area contributed by atoms with Crippen LogP contribution in [0.5, 0.6) is 0 Å². The third kappa shape index (κ3) is 4.19. The van der Waals surface area contributed by atoms with Crippen molar-refractivity contribution in [3.63, 3.8) is 0 Å². The minimum Gasteiger partial charge on any atom is -0.354 e. The average Bonchev–Trinajstić information content (AvgIpc) is 3.04. The van der Waals surface area contributed by atoms with Crippen molar-refractivity contribution in [1.29, 1.82) is 0 Å². The minimum absolute atomic E-state index is 0.707. The Kier molecular flexibility index (Phi) is 6.02. The number of hydrogen-bond donors (Lipinski definition) is 1. The maximum atomic E-state index is 4.70. The molecule has 0 unspecified atom stereocenters. The van der Waals surface area contributed by atoms with Crippen LogP contribution in [0.4, 0.5) is 17.8 Å². The lowest BCUT2D eigenvalue weighted by Gasteiger charge is -2.23. The molecule has 2 heterocycles. The van der Waals surface area contributed by atoms with Crippen molar-refractivity contribution < 1.29 is 0 Å². The molecule has 6 nitrogen and oxygen atoms in total. The average molecular weight is 292 g/mol. The summed E-state index contributed by atoms with van der Waals surface area (Å²) in [6.07, 6.45) is 4.61.